The first-order valence-electron chi connectivity index (χ1n) is 10.8. The Balaban J connectivity index is 1.11. The lowest BCUT2D eigenvalue weighted by atomic mass is 10.1. The maximum Gasteiger partial charge on any atom is 0.185 e. The van der Waals surface area contributed by atoms with Gasteiger partial charge in [-0.15, -0.1) is 5.10 Å². The van der Waals surface area contributed by atoms with Crippen molar-refractivity contribution in [3.8, 4) is 0 Å². The number of allylic oxidation sites excluding steroid dienone is 1. The minimum absolute atomic E-state index is 0.0202. The zero-order valence-electron chi connectivity index (χ0n) is 17.1. The first-order chi connectivity index (χ1) is 15.2. The van der Waals surface area contributed by atoms with Crippen molar-refractivity contribution in [3.63, 3.8) is 0 Å². The molecular weight excluding hydrogens is 388 g/mol. The van der Waals surface area contributed by atoms with Crippen LogP contribution in [-0.4, -0.2) is 35.1 Å². The van der Waals surface area contributed by atoms with Gasteiger partial charge in [-0.2, -0.15) is 0 Å². The van der Waals surface area contributed by atoms with Crippen LogP contribution in [0.5, 0.6) is 0 Å². The average molecular weight is 410 g/mol. The van der Waals surface area contributed by atoms with Crippen LogP contribution < -0.4 is 0 Å². The van der Waals surface area contributed by atoms with E-state index in [1.54, 1.807) is 10.9 Å². The number of pyridine rings is 2. The van der Waals surface area contributed by atoms with Gasteiger partial charge in [0, 0.05) is 30.7 Å². The molecule has 0 N–H and O–H groups in total. The van der Waals surface area contributed by atoms with Crippen molar-refractivity contribution in [2.75, 3.05) is 0 Å². The molecule has 0 amide bonds. The minimum Gasteiger partial charge on any atom is -0.306 e. The van der Waals surface area contributed by atoms with Crippen molar-refractivity contribution in [3.05, 3.63) is 82.8 Å². The maximum absolute atomic E-state index is 12.6. The van der Waals surface area contributed by atoms with Crippen LogP contribution in [0.15, 0.2) is 49.1 Å². The van der Waals surface area contributed by atoms with E-state index >= 15 is 0 Å². The number of rotatable bonds is 7. The molecule has 154 valence electrons. The number of ketones is 1. The molecule has 7 heteroatoms. The molecule has 0 atom stereocenters. The molecule has 1 fully saturated rings. The predicted molar refractivity (Wildman–Crippen MR) is 116 cm³/mol. The van der Waals surface area contributed by atoms with Gasteiger partial charge < -0.3 is 4.40 Å². The Morgan fingerprint density at radius 1 is 1.13 bits per heavy atom. The van der Waals surface area contributed by atoms with Crippen LogP contribution in [0.1, 0.15) is 63.7 Å². The number of Topliss-reactive ketones (excluding diaryl/α,β-unsaturated/α-hetero) is 1. The lowest BCUT2D eigenvalue weighted by molar-refractivity contribution is 0.0977. The highest BCUT2D eigenvalue weighted by molar-refractivity contribution is 5.93. The number of aryl methyl sites for hydroxylation is 1. The van der Waals surface area contributed by atoms with Crippen LogP contribution in [-0.2, 0) is 19.4 Å². The third kappa shape index (κ3) is 3.67. The van der Waals surface area contributed by atoms with Crippen LogP contribution in [0, 0.1) is 0 Å². The molecular formula is C24H22N6O. The number of nitrogens with zero attached hydrogens (tertiary/aromatic N) is 6. The van der Waals surface area contributed by atoms with Crippen LogP contribution in [0.25, 0.3) is 11.7 Å². The molecule has 2 aliphatic carbocycles. The van der Waals surface area contributed by atoms with Gasteiger partial charge in [0.25, 0.3) is 0 Å². The number of fused-ring (bicyclic) bond motifs is 2. The first kappa shape index (κ1) is 18.2. The number of imidazole rings is 1. The number of carbonyl (C=O) groups is 1. The highest BCUT2D eigenvalue weighted by Crippen LogP contribution is 2.39. The Labute approximate surface area is 179 Å². The van der Waals surface area contributed by atoms with Crippen LogP contribution in [0.3, 0.4) is 0 Å². The topological polar surface area (TPSA) is 78.0 Å². The largest absolute Gasteiger partial charge is 0.306 e. The van der Waals surface area contributed by atoms with Crippen molar-refractivity contribution in [1.29, 1.82) is 0 Å². The van der Waals surface area contributed by atoms with Crippen LogP contribution in [0.2, 0.25) is 0 Å². The summed E-state index contributed by atoms with van der Waals surface area (Å²) in [6.45, 7) is 0.486. The fraction of sp³-hybridized carbons (Fsp3) is 0.292. The molecule has 0 aliphatic heterocycles. The van der Waals surface area contributed by atoms with Crippen LogP contribution >= 0.6 is 0 Å². The number of hydrogen-bond acceptors (Lipinski definition) is 5. The van der Waals surface area contributed by atoms with E-state index in [-0.39, 0.29) is 5.78 Å². The highest BCUT2D eigenvalue weighted by atomic mass is 16.1. The smallest absolute Gasteiger partial charge is 0.185 e. The summed E-state index contributed by atoms with van der Waals surface area (Å²) in [6.07, 6.45) is 16.5. The van der Waals surface area contributed by atoms with Gasteiger partial charge in [0.15, 0.2) is 5.78 Å². The number of carbonyl (C=O) groups excluding carboxylic acids is 1. The van der Waals surface area contributed by atoms with Crippen molar-refractivity contribution in [2.45, 2.75) is 44.6 Å². The SMILES string of the molecule is O=C(CCc1cc2c(cn1)CC=C2)c1cn(Cc2cn3cc(C4CC4)ccc3n2)nn1. The number of hydrogen-bond donors (Lipinski definition) is 0. The molecule has 31 heavy (non-hydrogen) atoms. The second kappa shape index (κ2) is 7.27. The number of aromatic nitrogens is 6. The molecule has 4 aromatic heterocycles. The van der Waals surface area contributed by atoms with E-state index in [1.807, 2.05) is 12.4 Å². The van der Waals surface area contributed by atoms with Gasteiger partial charge in [0.05, 0.1) is 18.4 Å². The molecule has 7 nitrogen and oxygen atoms in total. The predicted octanol–water partition coefficient (Wildman–Crippen LogP) is 3.63. The molecule has 0 spiro atoms. The Kier molecular flexibility index (Phi) is 4.26. The summed E-state index contributed by atoms with van der Waals surface area (Å²) >= 11 is 0. The van der Waals surface area contributed by atoms with Crippen molar-refractivity contribution in [1.82, 2.24) is 29.4 Å². The van der Waals surface area contributed by atoms with Crippen molar-refractivity contribution in [2.24, 2.45) is 0 Å². The third-order valence-corrected chi connectivity index (χ3v) is 6.04. The van der Waals surface area contributed by atoms with E-state index in [2.05, 4.69) is 61.2 Å². The van der Waals surface area contributed by atoms with E-state index in [0.717, 1.165) is 23.5 Å². The van der Waals surface area contributed by atoms with E-state index in [0.29, 0.717) is 31.0 Å². The quantitative estimate of drug-likeness (QED) is 0.435. The van der Waals surface area contributed by atoms with Gasteiger partial charge >= 0.3 is 0 Å². The Bertz CT molecular complexity index is 1330. The fourth-order valence-corrected chi connectivity index (χ4v) is 4.16. The molecule has 0 aromatic carbocycles. The van der Waals surface area contributed by atoms with E-state index in [1.165, 1.54) is 29.5 Å². The summed E-state index contributed by atoms with van der Waals surface area (Å²) < 4.78 is 3.75. The lowest BCUT2D eigenvalue weighted by Gasteiger charge is -2.02. The standard InChI is InChI=1S/C24H22N6O/c31-23(8-7-20-10-17-2-1-3-18(17)11-25-20)22-15-30(28-27-22)14-21-13-29-12-19(16-4-5-16)6-9-24(29)26-21/h1-2,6,9-13,15-16H,3-5,7-8,14H2. The van der Waals surface area contributed by atoms with Gasteiger partial charge in [-0.1, -0.05) is 23.4 Å². The van der Waals surface area contributed by atoms with Gasteiger partial charge in [-0.25, -0.2) is 9.67 Å². The summed E-state index contributed by atoms with van der Waals surface area (Å²) in [7, 11) is 0. The normalized spacial score (nSPS) is 15.0. The maximum atomic E-state index is 12.6. The molecule has 6 rings (SSSR count). The lowest BCUT2D eigenvalue weighted by Crippen LogP contribution is -2.03. The van der Waals surface area contributed by atoms with Gasteiger partial charge in [-0.3, -0.25) is 9.78 Å². The summed E-state index contributed by atoms with van der Waals surface area (Å²) in [4.78, 5) is 21.7. The van der Waals surface area contributed by atoms with Crippen molar-refractivity contribution >= 4 is 17.5 Å². The first-order valence-corrected chi connectivity index (χ1v) is 10.8. The monoisotopic (exact) mass is 410 g/mol. The molecule has 4 heterocycles. The van der Waals surface area contributed by atoms with Gasteiger partial charge in [0.2, 0.25) is 0 Å². The van der Waals surface area contributed by atoms with E-state index in [9.17, 15) is 4.79 Å². The molecule has 0 unspecified atom stereocenters. The zero-order chi connectivity index (χ0) is 20.8. The van der Waals surface area contributed by atoms with E-state index < -0.39 is 0 Å². The summed E-state index contributed by atoms with van der Waals surface area (Å²) in [6, 6.07) is 6.30. The average Bonchev–Trinajstić information content (AvgIpc) is 3.17. The fourth-order valence-electron chi connectivity index (χ4n) is 4.16. The molecule has 2 aliphatic rings. The second-order valence-electron chi connectivity index (χ2n) is 8.44. The second-order valence-corrected chi connectivity index (χ2v) is 8.44. The Morgan fingerprint density at radius 2 is 2.06 bits per heavy atom. The molecule has 4 aromatic rings. The molecule has 0 radical (unpaired) electrons. The Morgan fingerprint density at radius 3 is 2.97 bits per heavy atom. The third-order valence-electron chi connectivity index (χ3n) is 6.04. The van der Waals surface area contributed by atoms with Crippen LogP contribution in [0.4, 0.5) is 0 Å². The molecule has 0 saturated heterocycles. The van der Waals surface area contributed by atoms with Gasteiger partial charge in [-0.05, 0) is 60.4 Å². The minimum atomic E-state index is -0.0202. The highest BCUT2D eigenvalue weighted by Gasteiger charge is 2.23. The molecule has 1 saturated carbocycles. The van der Waals surface area contributed by atoms with Gasteiger partial charge in [0.1, 0.15) is 11.3 Å². The van der Waals surface area contributed by atoms with Crippen molar-refractivity contribution < 1.29 is 4.79 Å². The van der Waals surface area contributed by atoms with E-state index in [4.69, 9.17) is 0 Å². The zero-order valence-corrected chi connectivity index (χ0v) is 17.1. The molecule has 0 bridgehead atoms. The Hall–Kier alpha value is -3.61. The summed E-state index contributed by atoms with van der Waals surface area (Å²) in [5, 5.41) is 8.21. The summed E-state index contributed by atoms with van der Waals surface area (Å²) in [5.41, 5.74) is 6.97. The summed E-state index contributed by atoms with van der Waals surface area (Å²) in [5.74, 6) is 0.691.